The largest absolute Gasteiger partial charge is 0.417 e. The number of hydrogen-bond donors (Lipinski definition) is 1. The Labute approximate surface area is 173 Å². The van der Waals surface area contributed by atoms with Crippen LogP contribution in [0.4, 0.5) is 17.6 Å². The first kappa shape index (κ1) is 22.0. The Hall–Kier alpha value is -3.72. The molecule has 3 rings (SSSR count). The molecule has 2 aromatic carbocycles. The molecule has 160 valence electrons. The second kappa shape index (κ2) is 7.84. The van der Waals surface area contributed by atoms with Gasteiger partial charge in [-0.2, -0.15) is 23.5 Å². The lowest BCUT2D eigenvalue weighted by Gasteiger charge is -2.14. The molecule has 12 heteroatoms. The predicted octanol–water partition coefficient (Wildman–Crippen LogP) is 3.33. The fourth-order valence-corrected chi connectivity index (χ4v) is 3.94. The normalized spacial score (nSPS) is 11.7. The van der Waals surface area contributed by atoms with Gasteiger partial charge < -0.3 is 0 Å². The number of halogens is 4. The van der Waals surface area contributed by atoms with E-state index in [2.05, 4.69) is 5.10 Å². The zero-order chi connectivity index (χ0) is 23.0. The first-order chi connectivity index (χ1) is 14.4. The van der Waals surface area contributed by atoms with Crippen molar-refractivity contribution >= 4 is 15.9 Å². The third-order valence-electron chi connectivity index (χ3n) is 4.26. The zero-order valence-corrected chi connectivity index (χ0v) is 16.4. The van der Waals surface area contributed by atoms with Crippen LogP contribution in [0.25, 0.3) is 5.69 Å². The van der Waals surface area contributed by atoms with Gasteiger partial charge in [0.25, 0.3) is 15.9 Å². The third-order valence-corrected chi connectivity index (χ3v) is 5.65. The lowest BCUT2D eigenvalue weighted by molar-refractivity contribution is -0.139. The molecule has 0 radical (unpaired) electrons. The standard InChI is InChI=1S/C19H12F4N4O3S/c1-11-15(10-25-27(11)14-5-3-13(20)4-6-14)18(28)26-31(29,30)17-7-2-12(9-24)8-16(17)19(21,22)23/h2-8,10H,1H3,(H,26,28). The topological polar surface area (TPSA) is 105 Å². The van der Waals surface area contributed by atoms with E-state index in [1.54, 1.807) is 4.72 Å². The van der Waals surface area contributed by atoms with Crippen molar-refractivity contribution in [2.75, 3.05) is 0 Å². The van der Waals surface area contributed by atoms with Crippen molar-refractivity contribution in [1.29, 1.82) is 5.26 Å². The Bertz CT molecular complexity index is 1310. The lowest BCUT2D eigenvalue weighted by atomic mass is 10.1. The fraction of sp³-hybridized carbons (Fsp3) is 0.105. The molecule has 0 aliphatic carbocycles. The average molecular weight is 452 g/mol. The lowest BCUT2D eigenvalue weighted by Crippen LogP contribution is -2.32. The summed E-state index contributed by atoms with van der Waals surface area (Å²) in [6.07, 6.45) is -4.05. The Morgan fingerprint density at radius 1 is 1.16 bits per heavy atom. The Balaban J connectivity index is 1.96. The van der Waals surface area contributed by atoms with Crippen molar-refractivity contribution in [3.05, 3.63) is 76.9 Å². The highest BCUT2D eigenvalue weighted by atomic mass is 32.2. The molecule has 1 amide bonds. The number of nitriles is 1. The number of alkyl halides is 3. The minimum absolute atomic E-state index is 0.176. The van der Waals surface area contributed by atoms with Crippen LogP contribution in [-0.4, -0.2) is 24.1 Å². The first-order valence-electron chi connectivity index (χ1n) is 8.43. The minimum atomic E-state index is -5.08. The molecular weight excluding hydrogens is 440 g/mol. The van der Waals surface area contributed by atoms with Crippen LogP contribution in [-0.2, 0) is 16.2 Å². The highest BCUT2D eigenvalue weighted by Gasteiger charge is 2.38. The van der Waals surface area contributed by atoms with Crippen molar-refractivity contribution in [2.24, 2.45) is 0 Å². The van der Waals surface area contributed by atoms with Crippen LogP contribution >= 0.6 is 0 Å². The highest BCUT2D eigenvalue weighted by Crippen LogP contribution is 2.34. The maximum absolute atomic E-state index is 13.3. The molecule has 0 fully saturated rings. The molecule has 0 atom stereocenters. The van der Waals surface area contributed by atoms with E-state index < -0.39 is 43.9 Å². The van der Waals surface area contributed by atoms with E-state index in [1.807, 2.05) is 0 Å². The molecule has 0 saturated heterocycles. The van der Waals surface area contributed by atoms with Crippen molar-refractivity contribution < 1.29 is 30.8 Å². The Kier molecular flexibility index (Phi) is 5.56. The van der Waals surface area contributed by atoms with Gasteiger partial charge in [-0.05, 0) is 49.4 Å². The summed E-state index contributed by atoms with van der Waals surface area (Å²) in [7, 11) is -4.94. The molecule has 0 aliphatic rings. The van der Waals surface area contributed by atoms with E-state index in [0.717, 1.165) is 24.4 Å². The number of amides is 1. The highest BCUT2D eigenvalue weighted by molar-refractivity contribution is 7.90. The van der Waals surface area contributed by atoms with Crippen LogP contribution in [0.5, 0.6) is 0 Å². The maximum atomic E-state index is 13.3. The summed E-state index contributed by atoms with van der Waals surface area (Å²) in [5.74, 6) is -1.70. The summed E-state index contributed by atoms with van der Waals surface area (Å²) in [5, 5.41) is 12.7. The van der Waals surface area contributed by atoms with E-state index >= 15 is 0 Å². The number of nitrogens with zero attached hydrogens (tertiary/aromatic N) is 3. The van der Waals surface area contributed by atoms with Gasteiger partial charge in [-0.1, -0.05) is 0 Å². The molecule has 7 nitrogen and oxygen atoms in total. The second-order valence-electron chi connectivity index (χ2n) is 6.29. The quantitative estimate of drug-likeness (QED) is 0.612. The summed E-state index contributed by atoms with van der Waals surface area (Å²) in [6, 6.07) is 8.45. The molecule has 0 unspecified atom stereocenters. The molecule has 0 bridgehead atoms. The minimum Gasteiger partial charge on any atom is -0.268 e. The van der Waals surface area contributed by atoms with Gasteiger partial charge in [0.2, 0.25) is 0 Å². The van der Waals surface area contributed by atoms with Gasteiger partial charge in [-0.15, -0.1) is 0 Å². The number of nitrogens with one attached hydrogen (secondary N) is 1. The number of carbonyl (C=O) groups is 1. The summed E-state index contributed by atoms with van der Waals surface area (Å²) in [5.41, 5.74) is -1.63. The Morgan fingerprint density at radius 3 is 2.39 bits per heavy atom. The van der Waals surface area contributed by atoms with Crippen molar-refractivity contribution in [3.8, 4) is 11.8 Å². The summed E-state index contributed by atoms with van der Waals surface area (Å²) in [4.78, 5) is 11.3. The molecule has 0 spiro atoms. The van der Waals surface area contributed by atoms with Crippen LogP contribution in [0.3, 0.4) is 0 Å². The molecule has 1 heterocycles. The maximum Gasteiger partial charge on any atom is 0.417 e. The summed E-state index contributed by atoms with van der Waals surface area (Å²) in [6.45, 7) is 1.43. The predicted molar refractivity (Wildman–Crippen MR) is 99.1 cm³/mol. The van der Waals surface area contributed by atoms with Crippen molar-refractivity contribution in [2.45, 2.75) is 18.0 Å². The zero-order valence-electron chi connectivity index (χ0n) is 15.6. The van der Waals surface area contributed by atoms with Crippen molar-refractivity contribution in [3.63, 3.8) is 0 Å². The van der Waals surface area contributed by atoms with Gasteiger partial charge in [-0.25, -0.2) is 22.2 Å². The number of aromatic nitrogens is 2. The molecule has 0 saturated carbocycles. The number of carbonyl (C=O) groups excluding carboxylic acids is 1. The van der Waals surface area contributed by atoms with Crippen molar-refractivity contribution in [1.82, 2.24) is 14.5 Å². The molecule has 31 heavy (non-hydrogen) atoms. The van der Waals surface area contributed by atoms with Crippen LogP contribution in [0, 0.1) is 24.1 Å². The Morgan fingerprint density at radius 2 is 1.81 bits per heavy atom. The van der Waals surface area contributed by atoms with Crippen LogP contribution in [0.1, 0.15) is 27.2 Å². The van der Waals surface area contributed by atoms with E-state index in [1.165, 1.54) is 29.8 Å². The average Bonchev–Trinajstić information content (AvgIpc) is 3.08. The van der Waals surface area contributed by atoms with Gasteiger partial charge in [0.1, 0.15) is 5.82 Å². The summed E-state index contributed by atoms with van der Waals surface area (Å²) < 4.78 is 80.9. The van der Waals surface area contributed by atoms with Crippen LogP contribution in [0.2, 0.25) is 0 Å². The smallest absolute Gasteiger partial charge is 0.268 e. The van der Waals surface area contributed by atoms with E-state index in [9.17, 15) is 30.8 Å². The number of benzene rings is 2. The van der Waals surface area contributed by atoms with Gasteiger partial charge >= 0.3 is 6.18 Å². The second-order valence-corrected chi connectivity index (χ2v) is 7.94. The fourth-order valence-electron chi connectivity index (χ4n) is 2.76. The number of rotatable bonds is 4. The van der Waals surface area contributed by atoms with E-state index in [0.29, 0.717) is 17.8 Å². The van der Waals surface area contributed by atoms with Gasteiger partial charge in [0.15, 0.2) is 0 Å². The van der Waals surface area contributed by atoms with E-state index in [4.69, 9.17) is 5.26 Å². The molecule has 1 N–H and O–H groups in total. The van der Waals surface area contributed by atoms with E-state index in [-0.39, 0.29) is 11.3 Å². The van der Waals surface area contributed by atoms with Crippen LogP contribution < -0.4 is 4.72 Å². The molecule has 0 aliphatic heterocycles. The van der Waals surface area contributed by atoms with Gasteiger partial charge in [-0.3, -0.25) is 4.79 Å². The van der Waals surface area contributed by atoms with Gasteiger partial charge in [0, 0.05) is 0 Å². The molecular formula is C19H12F4N4O3S. The molecule has 3 aromatic rings. The summed E-state index contributed by atoms with van der Waals surface area (Å²) >= 11 is 0. The monoisotopic (exact) mass is 452 g/mol. The number of sulfonamides is 1. The number of hydrogen-bond acceptors (Lipinski definition) is 5. The van der Waals surface area contributed by atoms with Crippen LogP contribution in [0.15, 0.2) is 53.6 Å². The first-order valence-corrected chi connectivity index (χ1v) is 9.91. The molecule has 1 aromatic heterocycles. The van der Waals surface area contributed by atoms with Gasteiger partial charge in [0.05, 0.1) is 45.2 Å². The third kappa shape index (κ3) is 4.41. The SMILES string of the molecule is Cc1c(C(=O)NS(=O)(=O)c2ccc(C#N)cc2C(F)(F)F)cnn1-c1ccc(F)cc1.